The van der Waals surface area contributed by atoms with E-state index in [4.69, 9.17) is 0 Å². The van der Waals surface area contributed by atoms with E-state index in [1.807, 2.05) is 0 Å². The van der Waals surface area contributed by atoms with E-state index in [0.29, 0.717) is 12.3 Å². The Morgan fingerprint density at radius 2 is 1.29 bits per heavy atom. The minimum Gasteiger partial charge on any atom is -0.174 e. The van der Waals surface area contributed by atoms with Crippen LogP contribution in [0.4, 0.5) is 8.78 Å². The number of hydrogen-bond donors (Lipinski definition) is 0. The quantitative estimate of drug-likeness (QED) is 0.372. The van der Waals surface area contributed by atoms with Gasteiger partial charge in [-0.25, -0.2) is 0 Å². The summed E-state index contributed by atoms with van der Waals surface area (Å²) in [5.74, 6) is 3.35. The molecule has 2 aliphatic carbocycles. The van der Waals surface area contributed by atoms with Crippen molar-refractivity contribution in [2.24, 2.45) is 23.7 Å². The molecule has 0 spiro atoms. The third kappa shape index (κ3) is 7.23. The van der Waals surface area contributed by atoms with Gasteiger partial charge in [0.15, 0.2) is 0 Å². The highest BCUT2D eigenvalue weighted by Crippen LogP contribution is 2.43. The maximum absolute atomic E-state index is 12.2. The molecule has 0 aromatic rings. The standard InChI is InChI=1S/C22H38F2/c1-2-3-4-5-6-7-18-8-13-20(14-9-18)21-15-10-19(11-16-21)12-17-22(23)24/h17-21H,2-16H2,1H3/t18-,19?,20-,21?. The Kier molecular flexibility index (Phi) is 9.35. The average Bonchev–Trinajstić information content (AvgIpc) is 2.61. The van der Waals surface area contributed by atoms with E-state index in [0.717, 1.165) is 23.8 Å². The van der Waals surface area contributed by atoms with Gasteiger partial charge in [-0.1, -0.05) is 58.3 Å². The van der Waals surface area contributed by atoms with Crippen molar-refractivity contribution < 1.29 is 8.78 Å². The molecule has 0 aromatic heterocycles. The van der Waals surface area contributed by atoms with Crippen molar-refractivity contribution in [3.8, 4) is 0 Å². The first-order valence-electron chi connectivity index (χ1n) is 10.7. The molecule has 0 aliphatic heterocycles. The van der Waals surface area contributed by atoms with Crippen molar-refractivity contribution in [2.75, 3.05) is 0 Å². The van der Waals surface area contributed by atoms with Crippen LogP contribution in [0.1, 0.15) is 103 Å². The van der Waals surface area contributed by atoms with Gasteiger partial charge in [-0.15, -0.1) is 0 Å². The number of allylic oxidation sites excluding steroid dienone is 1. The molecule has 0 atom stereocenters. The molecule has 2 fully saturated rings. The van der Waals surface area contributed by atoms with Gasteiger partial charge in [-0.3, -0.25) is 0 Å². The molecule has 0 bridgehead atoms. The van der Waals surface area contributed by atoms with Crippen molar-refractivity contribution in [3.63, 3.8) is 0 Å². The predicted molar refractivity (Wildman–Crippen MR) is 99.2 cm³/mol. The molecular formula is C22H38F2. The van der Waals surface area contributed by atoms with E-state index in [-0.39, 0.29) is 0 Å². The molecule has 2 rings (SSSR count). The normalized spacial score (nSPS) is 31.0. The van der Waals surface area contributed by atoms with Crippen LogP contribution in [0.25, 0.3) is 0 Å². The smallest absolute Gasteiger partial charge is 0.174 e. The van der Waals surface area contributed by atoms with Crippen LogP contribution in [0, 0.1) is 23.7 Å². The summed E-state index contributed by atoms with van der Waals surface area (Å²) < 4.78 is 24.4. The van der Waals surface area contributed by atoms with Crippen molar-refractivity contribution >= 4 is 0 Å². The maximum Gasteiger partial charge on any atom is 0.266 e. The number of rotatable bonds is 9. The van der Waals surface area contributed by atoms with Crippen LogP contribution in [0.15, 0.2) is 12.2 Å². The molecule has 0 amide bonds. The Bertz CT molecular complexity index is 343. The summed E-state index contributed by atoms with van der Waals surface area (Å²) in [6.45, 7) is 2.28. The van der Waals surface area contributed by atoms with Crippen LogP contribution in [0.3, 0.4) is 0 Å². The van der Waals surface area contributed by atoms with Crippen molar-refractivity contribution in [3.05, 3.63) is 12.2 Å². The van der Waals surface area contributed by atoms with Crippen molar-refractivity contribution in [2.45, 2.75) is 103 Å². The summed E-state index contributed by atoms with van der Waals surface area (Å²) >= 11 is 0. The minimum atomic E-state index is -1.50. The van der Waals surface area contributed by atoms with E-state index in [9.17, 15) is 8.78 Å². The van der Waals surface area contributed by atoms with Gasteiger partial charge in [-0.2, -0.15) is 8.78 Å². The lowest BCUT2D eigenvalue weighted by atomic mass is 9.68. The Hall–Kier alpha value is -0.400. The Morgan fingerprint density at radius 1 is 0.750 bits per heavy atom. The molecule has 0 nitrogen and oxygen atoms in total. The van der Waals surface area contributed by atoms with Gasteiger partial charge in [0.1, 0.15) is 0 Å². The zero-order valence-electron chi connectivity index (χ0n) is 15.7. The third-order valence-corrected chi connectivity index (χ3v) is 6.77. The fourth-order valence-electron chi connectivity index (χ4n) is 5.14. The zero-order chi connectivity index (χ0) is 17.2. The fraction of sp³-hybridized carbons (Fsp3) is 0.909. The SMILES string of the molecule is CCCCCCC[C@H]1CC[C@H](C2CCC(CC=C(F)F)CC2)CC1. The van der Waals surface area contributed by atoms with Crippen molar-refractivity contribution in [1.29, 1.82) is 0 Å². The molecule has 2 saturated carbocycles. The Labute approximate surface area is 148 Å². The molecule has 0 saturated heterocycles. The summed E-state index contributed by atoms with van der Waals surface area (Å²) in [5, 5.41) is 0. The second-order valence-corrected chi connectivity index (χ2v) is 8.49. The summed E-state index contributed by atoms with van der Waals surface area (Å²) in [6.07, 6.45) is 19.5. The first kappa shape index (κ1) is 19.9. The first-order valence-corrected chi connectivity index (χ1v) is 10.7. The Morgan fingerprint density at radius 3 is 1.83 bits per heavy atom. The number of unbranched alkanes of at least 4 members (excludes halogenated alkanes) is 4. The van der Waals surface area contributed by atoms with Crippen molar-refractivity contribution in [1.82, 2.24) is 0 Å². The van der Waals surface area contributed by atoms with Crippen LogP contribution in [0.5, 0.6) is 0 Å². The summed E-state index contributed by atoms with van der Waals surface area (Å²) in [7, 11) is 0. The first-order chi connectivity index (χ1) is 11.7. The lowest BCUT2D eigenvalue weighted by Crippen LogP contribution is -2.25. The van der Waals surface area contributed by atoms with Gasteiger partial charge in [0.25, 0.3) is 6.08 Å². The summed E-state index contributed by atoms with van der Waals surface area (Å²) in [6, 6.07) is 0. The minimum absolute atomic E-state index is 0.516. The molecule has 2 aliphatic rings. The van der Waals surface area contributed by atoms with Gasteiger partial charge in [0.05, 0.1) is 0 Å². The zero-order valence-corrected chi connectivity index (χ0v) is 15.7. The molecule has 24 heavy (non-hydrogen) atoms. The third-order valence-electron chi connectivity index (χ3n) is 6.77. The molecule has 140 valence electrons. The van der Waals surface area contributed by atoms with Gasteiger partial charge < -0.3 is 0 Å². The van der Waals surface area contributed by atoms with Gasteiger partial charge in [0, 0.05) is 0 Å². The topological polar surface area (TPSA) is 0 Å². The molecule has 2 heteroatoms. The van der Waals surface area contributed by atoms with Crippen LogP contribution in [0.2, 0.25) is 0 Å². The highest BCUT2D eigenvalue weighted by atomic mass is 19.3. The van der Waals surface area contributed by atoms with E-state index in [2.05, 4.69) is 6.92 Å². The highest BCUT2D eigenvalue weighted by Gasteiger charge is 2.30. The monoisotopic (exact) mass is 340 g/mol. The lowest BCUT2D eigenvalue weighted by Gasteiger charge is -2.37. The second kappa shape index (κ2) is 11.3. The average molecular weight is 341 g/mol. The maximum atomic E-state index is 12.2. The molecule has 0 aromatic carbocycles. The predicted octanol–water partition coefficient (Wildman–Crippen LogP) is 8.13. The largest absolute Gasteiger partial charge is 0.266 e. The number of halogens is 2. The van der Waals surface area contributed by atoms with Crippen LogP contribution in [-0.2, 0) is 0 Å². The number of hydrogen-bond acceptors (Lipinski definition) is 0. The molecular weight excluding hydrogens is 302 g/mol. The van der Waals surface area contributed by atoms with E-state index in [1.165, 1.54) is 89.9 Å². The molecule has 0 unspecified atom stereocenters. The van der Waals surface area contributed by atoms with Crippen LogP contribution in [-0.4, -0.2) is 0 Å². The fourth-order valence-corrected chi connectivity index (χ4v) is 5.14. The van der Waals surface area contributed by atoms with Gasteiger partial charge in [-0.05, 0) is 74.7 Å². The highest BCUT2D eigenvalue weighted by molar-refractivity contribution is 4.87. The molecule has 0 heterocycles. The van der Waals surface area contributed by atoms with Gasteiger partial charge >= 0.3 is 0 Å². The lowest BCUT2D eigenvalue weighted by molar-refractivity contribution is 0.143. The van der Waals surface area contributed by atoms with Crippen LogP contribution >= 0.6 is 0 Å². The van der Waals surface area contributed by atoms with E-state index in [1.54, 1.807) is 0 Å². The van der Waals surface area contributed by atoms with E-state index < -0.39 is 6.08 Å². The Balaban J connectivity index is 1.57. The van der Waals surface area contributed by atoms with E-state index >= 15 is 0 Å². The second-order valence-electron chi connectivity index (χ2n) is 8.49. The molecule has 0 N–H and O–H groups in total. The van der Waals surface area contributed by atoms with Gasteiger partial charge in [0.2, 0.25) is 0 Å². The summed E-state index contributed by atoms with van der Waals surface area (Å²) in [4.78, 5) is 0. The molecule has 0 radical (unpaired) electrons. The van der Waals surface area contributed by atoms with Crippen LogP contribution < -0.4 is 0 Å². The summed E-state index contributed by atoms with van der Waals surface area (Å²) in [5.41, 5.74) is 0.